The van der Waals surface area contributed by atoms with E-state index in [0.717, 1.165) is 19.3 Å². The Kier molecular flexibility index (Phi) is 17.7. The topological polar surface area (TPSA) is 64.6 Å². The summed E-state index contributed by atoms with van der Waals surface area (Å²) in [5.41, 5.74) is 0. The highest BCUT2D eigenvalue weighted by atomic mass is 35.5. The van der Waals surface area contributed by atoms with Gasteiger partial charge in [0, 0.05) is 0 Å². The molecule has 0 saturated heterocycles. The highest BCUT2D eigenvalue weighted by Gasteiger charge is 2.27. The summed E-state index contributed by atoms with van der Waals surface area (Å²) in [5, 5.41) is 2.60. The molecule has 5 nitrogen and oxygen atoms in total. The smallest absolute Gasteiger partial charge is 0.407 e. The minimum absolute atomic E-state index is 0.0197. The molecule has 160 valence electrons. The molecule has 0 aromatic rings. The predicted octanol–water partition coefficient (Wildman–Crippen LogP) is 5.83. The average molecular weight is 406 g/mol. The lowest BCUT2D eigenvalue weighted by Crippen LogP contribution is -2.46. The van der Waals surface area contributed by atoms with Gasteiger partial charge in [-0.25, -0.2) is 9.59 Å². The molecule has 0 spiro atoms. The number of carbonyl (C=O) groups is 2. The monoisotopic (exact) mass is 405 g/mol. The summed E-state index contributed by atoms with van der Waals surface area (Å²) < 4.78 is 10.3. The molecule has 0 radical (unpaired) electrons. The summed E-state index contributed by atoms with van der Waals surface area (Å²) in [4.78, 5) is 24.0. The molecule has 0 bridgehead atoms. The van der Waals surface area contributed by atoms with E-state index in [1.165, 1.54) is 51.4 Å². The molecule has 0 fully saturated rings. The third kappa shape index (κ3) is 14.7. The summed E-state index contributed by atoms with van der Waals surface area (Å²) in [5.74, 6) is -0.179. The zero-order valence-electron chi connectivity index (χ0n) is 17.6. The lowest BCUT2D eigenvalue weighted by atomic mass is 9.99. The van der Waals surface area contributed by atoms with Crippen molar-refractivity contribution in [1.82, 2.24) is 5.32 Å². The number of unbranched alkanes of at least 4 members (excludes halogenated alkanes) is 9. The van der Waals surface area contributed by atoms with Crippen LogP contribution in [-0.4, -0.2) is 37.2 Å². The van der Waals surface area contributed by atoms with Gasteiger partial charge in [-0.3, -0.25) is 0 Å². The molecule has 0 rings (SSSR count). The van der Waals surface area contributed by atoms with Crippen molar-refractivity contribution in [3.05, 3.63) is 0 Å². The maximum absolute atomic E-state index is 12.3. The van der Waals surface area contributed by atoms with Crippen LogP contribution in [0.2, 0.25) is 0 Å². The fourth-order valence-electron chi connectivity index (χ4n) is 2.82. The maximum atomic E-state index is 12.3. The Labute approximate surface area is 170 Å². The zero-order chi connectivity index (χ0) is 20.3. The van der Waals surface area contributed by atoms with Crippen LogP contribution in [0.25, 0.3) is 0 Å². The van der Waals surface area contributed by atoms with Crippen LogP contribution in [0.4, 0.5) is 4.79 Å². The minimum Gasteiger partial charge on any atom is -0.464 e. The van der Waals surface area contributed by atoms with Gasteiger partial charge in [0.15, 0.2) is 0 Å². The van der Waals surface area contributed by atoms with Gasteiger partial charge >= 0.3 is 12.1 Å². The van der Waals surface area contributed by atoms with E-state index in [-0.39, 0.29) is 24.4 Å². The molecule has 6 heteroatoms. The van der Waals surface area contributed by atoms with Gasteiger partial charge in [0.05, 0.1) is 12.5 Å². The number of halogens is 1. The fourth-order valence-corrected chi connectivity index (χ4v) is 2.90. The van der Waals surface area contributed by atoms with Crippen LogP contribution < -0.4 is 5.32 Å². The number of hydrogen-bond donors (Lipinski definition) is 1. The Hall–Kier alpha value is -0.970. The normalized spacial score (nSPS) is 13.0. The van der Waals surface area contributed by atoms with Gasteiger partial charge in [-0.1, -0.05) is 85.0 Å². The molecular weight excluding hydrogens is 366 g/mol. The third-order valence-corrected chi connectivity index (χ3v) is 4.95. The van der Waals surface area contributed by atoms with Gasteiger partial charge in [0.1, 0.15) is 12.6 Å². The van der Waals surface area contributed by atoms with E-state index in [0.29, 0.717) is 6.61 Å². The molecule has 0 heterocycles. The van der Waals surface area contributed by atoms with Crippen molar-refractivity contribution in [2.45, 2.75) is 97.4 Å². The molecule has 27 heavy (non-hydrogen) atoms. The first kappa shape index (κ1) is 26.0. The number of amides is 1. The van der Waals surface area contributed by atoms with E-state index >= 15 is 0 Å². The Morgan fingerprint density at radius 2 is 1.41 bits per heavy atom. The van der Waals surface area contributed by atoms with Gasteiger partial charge in [-0.15, -0.1) is 11.6 Å². The van der Waals surface area contributed by atoms with Crippen molar-refractivity contribution in [2.24, 2.45) is 5.92 Å². The molecule has 0 aromatic carbocycles. The molecular formula is C21H40ClNO4. The van der Waals surface area contributed by atoms with E-state index in [1.54, 1.807) is 0 Å². The standard InChI is InChI=1S/C21H40ClNO4/c1-4-6-7-8-9-10-11-12-13-14-16-26-20(24)19(18(3)5-2)23-21(25)27-17-15-22/h18-19H,4-17H2,1-3H3,(H,23,25). The first-order chi connectivity index (χ1) is 13.1. The molecule has 1 amide bonds. The van der Waals surface area contributed by atoms with Gasteiger partial charge in [0.25, 0.3) is 0 Å². The van der Waals surface area contributed by atoms with Crippen molar-refractivity contribution < 1.29 is 19.1 Å². The van der Waals surface area contributed by atoms with Crippen LogP contribution in [0.3, 0.4) is 0 Å². The highest BCUT2D eigenvalue weighted by Crippen LogP contribution is 2.12. The number of hydrogen-bond acceptors (Lipinski definition) is 4. The van der Waals surface area contributed by atoms with Crippen molar-refractivity contribution in [1.29, 1.82) is 0 Å². The van der Waals surface area contributed by atoms with E-state index < -0.39 is 12.1 Å². The first-order valence-corrected chi connectivity index (χ1v) is 11.3. The number of ether oxygens (including phenoxy) is 2. The van der Waals surface area contributed by atoms with E-state index in [4.69, 9.17) is 21.1 Å². The summed E-state index contributed by atoms with van der Waals surface area (Å²) in [6.45, 7) is 6.64. The average Bonchev–Trinajstić information content (AvgIpc) is 2.67. The summed E-state index contributed by atoms with van der Waals surface area (Å²) in [6, 6.07) is -0.680. The Morgan fingerprint density at radius 3 is 1.93 bits per heavy atom. The summed E-state index contributed by atoms with van der Waals surface area (Å²) in [7, 11) is 0. The second-order valence-corrected chi connectivity index (χ2v) is 7.56. The van der Waals surface area contributed by atoms with Gasteiger partial charge in [-0.05, 0) is 12.3 Å². The van der Waals surface area contributed by atoms with E-state index in [2.05, 4.69) is 12.2 Å². The molecule has 0 saturated carbocycles. The third-order valence-electron chi connectivity index (χ3n) is 4.79. The number of alkyl halides is 1. The SMILES string of the molecule is CCCCCCCCCCCCOC(=O)C(NC(=O)OCCCl)C(C)CC. The lowest BCUT2D eigenvalue weighted by molar-refractivity contribution is -0.147. The Bertz CT molecular complexity index is 379. The quantitative estimate of drug-likeness (QED) is 0.188. The predicted molar refractivity (Wildman–Crippen MR) is 111 cm³/mol. The van der Waals surface area contributed by atoms with E-state index in [1.807, 2.05) is 13.8 Å². The first-order valence-electron chi connectivity index (χ1n) is 10.7. The largest absolute Gasteiger partial charge is 0.464 e. The van der Waals surface area contributed by atoms with Crippen molar-refractivity contribution >= 4 is 23.7 Å². The van der Waals surface area contributed by atoms with Crippen LogP contribution >= 0.6 is 11.6 Å². The molecule has 1 N–H and O–H groups in total. The second kappa shape index (κ2) is 18.4. The van der Waals surface area contributed by atoms with Gasteiger partial charge in [-0.2, -0.15) is 0 Å². The number of esters is 1. The van der Waals surface area contributed by atoms with Gasteiger partial charge < -0.3 is 14.8 Å². The van der Waals surface area contributed by atoms with Crippen LogP contribution in [0.1, 0.15) is 91.4 Å². The highest BCUT2D eigenvalue weighted by molar-refractivity contribution is 6.18. The summed E-state index contributed by atoms with van der Waals surface area (Å²) in [6.07, 6.45) is 12.5. The van der Waals surface area contributed by atoms with Gasteiger partial charge in [0.2, 0.25) is 0 Å². The van der Waals surface area contributed by atoms with E-state index in [9.17, 15) is 9.59 Å². The van der Waals surface area contributed by atoms with Crippen LogP contribution in [0.5, 0.6) is 0 Å². The molecule has 0 aliphatic rings. The minimum atomic E-state index is -0.680. The summed E-state index contributed by atoms with van der Waals surface area (Å²) >= 11 is 5.50. The molecule has 2 atom stereocenters. The molecule has 0 aliphatic carbocycles. The number of nitrogens with one attached hydrogen (secondary N) is 1. The van der Waals surface area contributed by atoms with Crippen molar-refractivity contribution in [2.75, 3.05) is 19.1 Å². The zero-order valence-corrected chi connectivity index (χ0v) is 18.3. The Balaban J connectivity index is 3.88. The molecule has 0 aromatic heterocycles. The Morgan fingerprint density at radius 1 is 0.852 bits per heavy atom. The molecule has 2 unspecified atom stereocenters. The number of alkyl carbamates (subject to hydrolysis) is 1. The lowest BCUT2D eigenvalue weighted by Gasteiger charge is -2.22. The number of carbonyl (C=O) groups excluding carboxylic acids is 2. The van der Waals surface area contributed by atoms with Crippen LogP contribution in [0, 0.1) is 5.92 Å². The van der Waals surface area contributed by atoms with Crippen LogP contribution in [-0.2, 0) is 14.3 Å². The number of rotatable bonds is 17. The fraction of sp³-hybridized carbons (Fsp3) is 0.905. The maximum Gasteiger partial charge on any atom is 0.407 e. The second-order valence-electron chi connectivity index (χ2n) is 7.18. The van der Waals surface area contributed by atoms with Crippen molar-refractivity contribution in [3.63, 3.8) is 0 Å². The van der Waals surface area contributed by atoms with Crippen LogP contribution in [0.15, 0.2) is 0 Å². The molecule has 0 aliphatic heterocycles. The van der Waals surface area contributed by atoms with Crippen molar-refractivity contribution in [3.8, 4) is 0 Å².